The van der Waals surface area contributed by atoms with Gasteiger partial charge in [-0.05, 0) is 35.7 Å². The van der Waals surface area contributed by atoms with Crippen molar-refractivity contribution in [2.24, 2.45) is 0 Å². The summed E-state index contributed by atoms with van der Waals surface area (Å²) in [6.45, 7) is 4.23. The fourth-order valence-electron chi connectivity index (χ4n) is 3.93. The Balaban J connectivity index is 1.62. The molecule has 0 aliphatic carbocycles. The van der Waals surface area contributed by atoms with Crippen LogP contribution in [-0.2, 0) is 13.0 Å². The van der Waals surface area contributed by atoms with Gasteiger partial charge in [0.15, 0.2) is 0 Å². The molecule has 4 aromatic rings. The van der Waals surface area contributed by atoms with E-state index in [0.29, 0.717) is 30.3 Å². The van der Waals surface area contributed by atoms with E-state index in [1.807, 2.05) is 36.1 Å². The van der Waals surface area contributed by atoms with E-state index in [0.717, 1.165) is 22.0 Å². The van der Waals surface area contributed by atoms with E-state index < -0.39 is 0 Å². The highest BCUT2D eigenvalue weighted by molar-refractivity contribution is 6.06. The molecule has 5 rings (SSSR count). The standard InChI is InChI=1S/C21H19N5O2/c1-12-7-16-10-22-24-19(16)17(8-12)21(27)26-11-15-6-4-3-5-14(15)9-18(26)20-25-23-13(2)28-20/h3-8,10,18H,9,11H2,1-2H3,(H,22,24). The molecule has 3 heterocycles. The van der Waals surface area contributed by atoms with Crippen molar-refractivity contribution in [3.63, 3.8) is 0 Å². The van der Waals surface area contributed by atoms with Crippen molar-refractivity contribution in [3.8, 4) is 0 Å². The van der Waals surface area contributed by atoms with Crippen LogP contribution in [0, 0.1) is 13.8 Å². The highest BCUT2D eigenvalue weighted by atomic mass is 16.4. The van der Waals surface area contributed by atoms with Crippen molar-refractivity contribution in [1.82, 2.24) is 25.3 Å². The first kappa shape index (κ1) is 16.7. The molecule has 0 fully saturated rings. The summed E-state index contributed by atoms with van der Waals surface area (Å²) < 4.78 is 5.71. The highest BCUT2D eigenvalue weighted by Crippen LogP contribution is 2.34. The van der Waals surface area contributed by atoms with Crippen LogP contribution >= 0.6 is 0 Å². The maximum atomic E-state index is 13.7. The van der Waals surface area contributed by atoms with Crippen molar-refractivity contribution < 1.29 is 9.21 Å². The molecule has 7 nitrogen and oxygen atoms in total. The second-order valence-corrected chi connectivity index (χ2v) is 7.23. The molecule has 1 atom stereocenters. The van der Waals surface area contributed by atoms with Gasteiger partial charge in [0.25, 0.3) is 5.91 Å². The van der Waals surface area contributed by atoms with Gasteiger partial charge in [-0.2, -0.15) is 5.10 Å². The van der Waals surface area contributed by atoms with Gasteiger partial charge in [0.1, 0.15) is 6.04 Å². The Bertz CT molecular complexity index is 1190. The third-order valence-corrected chi connectivity index (χ3v) is 5.26. The topological polar surface area (TPSA) is 87.9 Å². The molecular formula is C21H19N5O2. The van der Waals surface area contributed by atoms with Gasteiger partial charge >= 0.3 is 0 Å². The number of fused-ring (bicyclic) bond motifs is 2. The number of hydrogen-bond acceptors (Lipinski definition) is 5. The predicted octanol–water partition coefficient (Wildman–Crippen LogP) is 3.50. The minimum atomic E-state index is -0.304. The number of aryl methyl sites for hydroxylation is 2. The fourth-order valence-corrected chi connectivity index (χ4v) is 3.93. The molecule has 0 saturated heterocycles. The number of carbonyl (C=O) groups is 1. The van der Waals surface area contributed by atoms with Gasteiger partial charge < -0.3 is 9.32 Å². The van der Waals surface area contributed by atoms with E-state index in [1.54, 1.807) is 13.1 Å². The first-order chi connectivity index (χ1) is 13.6. The van der Waals surface area contributed by atoms with Gasteiger partial charge in [-0.15, -0.1) is 10.2 Å². The third-order valence-electron chi connectivity index (χ3n) is 5.26. The summed E-state index contributed by atoms with van der Waals surface area (Å²) in [6.07, 6.45) is 2.38. The summed E-state index contributed by atoms with van der Waals surface area (Å²) in [4.78, 5) is 15.5. The Morgan fingerprint density at radius 1 is 1.18 bits per heavy atom. The first-order valence-corrected chi connectivity index (χ1v) is 9.21. The molecule has 1 unspecified atom stereocenters. The van der Waals surface area contributed by atoms with Gasteiger partial charge in [0.05, 0.1) is 17.3 Å². The number of aromatic nitrogens is 4. The van der Waals surface area contributed by atoms with Gasteiger partial charge in [-0.25, -0.2) is 0 Å². The lowest BCUT2D eigenvalue weighted by Gasteiger charge is -2.35. The number of aromatic amines is 1. The number of nitrogens with zero attached hydrogens (tertiary/aromatic N) is 4. The minimum absolute atomic E-state index is 0.0756. The molecule has 7 heteroatoms. The number of hydrogen-bond donors (Lipinski definition) is 1. The number of amides is 1. The summed E-state index contributed by atoms with van der Waals surface area (Å²) in [5.74, 6) is 0.884. The molecule has 1 amide bonds. The Morgan fingerprint density at radius 2 is 2.00 bits per heavy atom. The molecule has 0 spiro atoms. The second-order valence-electron chi connectivity index (χ2n) is 7.23. The van der Waals surface area contributed by atoms with E-state index in [9.17, 15) is 4.79 Å². The summed E-state index contributed by atoms with van der Waals surface area (Å²) in [5.41, 5.74) is 4.70. The normalized spacial score (nSPS) is 16.4. The molecule has 0 bridgehead atoms. The molecule has 2 aromatic carbocycles. The van der Waals surface area contributed by atoms with Crippen molar-refractivity contribution in [3.05, 3.63) is 76.6 Å². The summed E-state index contributed by atoms with van der Waals surface area (Å²) in [5, 5.41) is 16.2. The van der Waals surface area contributed by atoms with Crippen molar-refractivity contribution in [2.45, 2.75) is 32.9 Å². The molecule has 1 N–H and O–H groups in total. The van der Waals surface area contributed by atoms with E-state index in [1.165, 1.54) is 5.56 Å². The van der Waals surface area contributed by atoms with Crippen molar-refractivity contribution in [1.29, 1.82) is 0 Å². The number of nitrogens with one attached hydrogen (secondary N) is 1. The zero-order valence-corrected chi connectivity index (χ0v) is 15.6. The lowest BCUT2D eigenvalue weighted by atomic mass is 9.93. The molecule has 2 aromatic heterocycles. The number of carbonyl (C=O) groups excluding carboxylic acids is 1. The Hall–Kier alpha value is -3.48. The van der Waals surface area contributed by atoms with Crippen LogP contribution in [-0.4, -0.2) is 31.2 Å². The Kier molecular flexibility index (Phi) is 3.75. The van der Waals surface area contributed by atoms with E-state index in [-0.39, 0.29) is 11.9 Å². The molecule has 140 valence electrons. The summed E-state index contributed by atoms with van der Waals surface area (Å²) >= 11 is 0. The van der Waals surface area contributed by atoms with Crippen LogP contribution < -0.4 is 0 Å². The monoisotopic (exact) mass is 373 g/mol. The molecule has 0 radical (unpaired) electrons. The lowest BCUT2D eigenvalue weighted by molar-refractivity contribution is 0.0604. The Morgan fingerprint density at radius 3 is 2.79 bits per heavy atom. The number of rotatable bonds is 2. The van der Waals surface area contributed by atoms with Crippen LogP contribution in [0.2, 0.25) is 0 Å². The third kappa shape index (κ3) is 2.67. The van der Waals surface area contributed by atoms with Gasteiger partial charge in [0.2, 0.25) is 11.8 Å². The van der Waals surface area contributed by atoms with E-state index in [4.69, 9.17) is 4.42 Å². The first-order valence-electron chi connectivity index (χ1n) is 9.21. The fraction of sp³-hybridized carbons (Fsp3) is 0.238. The van der Waals surface area contributed by atoms with Gasteiger partial charge in [-0.1, -0.05) is 24.3 Å². The summed E-state index contributed by atoms with van der Waals surface area (Å²) in [7, 11) is 0. The highest BCUT2D eigenvalue weighted by Gasteiger charge is 2.35. The predicted molar refractivity (Wildman–Crippen MR) is 103 cm³/mol. The van der Waals surface area contributed by atoms with Crippen LogP contribution in [0.1, 0.15) is 44.9 Å². The van der Waals surface area contributed by atoms with Crippen molar-refractivity contribution in [2.75, 3.05) is 0 Å². The molecule has 28 heavy (non-hydrogen) atoms. The molecule has 0 saturated carbocycles. The minimum Gasteiger partial charge on any atom is -0.423 e. The van der Waals surface area contributed by atoms with Crippen LogP contribution in [0.5, 0.6) is 0 Å². The maximum absolute atomic E-state index is 13.7. The summed E-state index contributed by atoms with van der Waals surface area (Å²) in [6, 6.07) is 11.8. The smallest absolute Gasteiger partial charge is 0.257 e. The SMILES string of the molecule is Cc1cc(C(=O)N2Cc3ccccc3CC2c2nnc(C)o2)c2[nH]ncc2c1. The second kappa shape index (κ2) is 6.30. The van der Waals surface area contributed by atoms with Crippen LogP contribution in [0.4, 0.5) is 0 Å². The van der Waals surface area contributed by atoms with Gasteiger partial charge in [-0.3, -0.25) is 9.89 Å². The zero-order chi connectivity index (χ0) is 19.3. The average Bonchev–Trinajstić information content (AvgIpc) is 3.34. The maximum Gasteiger partial charge on any atom is 0.257 e. The zero-order valence-electron chi connectivity index (χ0n) is 15.6. The largest absolute Gasteiger partial charge is 0.423 e. The van der Waals surface area contributed by atoms with E-state index in [2.05, 4.69) is 32.5 Å². The lowest BCUT2D eigenvalue weighted by Crippen LogP contribution is -2.39. The quantitative estimate of drug-likeness (QED) is 0.581. The molecule has 1 aliphatic rings. The number of benzene rings is 2. The van der Waals surface area contributed by atoms with Crippen LogP contribution in [0.15, 0.2) is 47.0 Å². The van der Waals surface area contributed by atoms with Crippen LogP contribution in [0.25, 0.3) is 10.9 Å². The van der Waals surface area contributed by atoms with E-state index >= 15 is 0 Å². The average molecular weight is 373 g/mol. The molecule has 1 aliphatic heterocycles. The Labute approximate surface area is 161 Å². The molecular weight excluding hydrogens is 354 g/mol. The van der Waals surface area contributed by atoms with Gasteiger partial charge in [0, 0.05) is 25.3 Å². The van der Waals surface area contributed by atoms with Crippen molar-refractivity contribution >= 4 is 16.8 Å². The number of H-pyrrole nitrogens is 1. The van der Waals surface area contributed by atoms with Crippen LogP contribution in [0.3, 0.4) is 0 Å².